The molecule has 1 aliphatic carbocycles. The van der Waals surface area contributed by atoms with Gasteiger partial charge in [-0.3, -0.25) is 5.32 Å². The summed E-state index contributed by atoms with van der Waals surface area (Å²) in [5.41, 5.74) is 4.84. The van der Waals surface area contributed by atoms with Crippen molar-refractivity contribution in [2.75, 3.05) is 12.4 Å². The molecule has 0 aliphatic heterocycles. The van der Waals surface area contributed by atoms with Gasteiger partial charge < -0.3 is 9.47 Å². The molecule has 1 amide bonds. The number of anilines is 1. The first-order valence-electron chi connectivity index (χ1n) is 11.7. The van der Waals surface area contributed by atoms with E-state index in [1.54, 1.807) is 26.2 Å². The van der Waals surface area contributed by atoms with Crippen LogP contribution in [0.25, 0.3) is 21.6 Å². The van der Waals surface area contributed by atoms with Gasteiger partial charge in [0.15, 0.2) is 5.13 Å². The van der Waals surface area contributed by atoms with Crippen molar-refractivity contribution in [3.63, 3.8) is 0 Å². The molecular weight excluding hydrogens is 480 g/mol. The number of rotatable bonds is 7. The number of carbonyl (C=O) groups is 1. The van der Waals surface area contributed by atoms with Crippen LogP contribution in [-0.4, -0.2) is 13.2 Å². The highest BCUT2D eigenvalue weighted by Crippen LogP contribution is 2.43. The summed E-state index contributed by atoms with van der Waals surface area (Å²) in [4.78, 5) is 13.1. The number of methoxy groups -OCH3 is 1. The van der Waals surface area contributed by atoms with Crippen LogP contribution in [0.1, 0.15) is 42.9 Å². The summed E-state index contributed by atoms with van der Waals surface area (Å²) in [7, 11) is 1.60. The van der Waals surface area contributed by atoms with Crippen molar-refractivity contribution in [3.8, 4) is 27.3 Å². The van der Waals surface area contributed by atoms with Crippen LogP contribution in [0.15, 0.2) is 72.8 Å². The fourth-order valence-corrected chi connectivity index (χ4v) is 5.05. The van der Waals surface area contributed by atoms with Gasteiger partial charge in [0.1, 0.15) is 17.7 Å². The van der Waals surface area contributed by atoms with Gasteiger partial charge in [-0.15, -0.1) is 11.3 Å². The average molecular weight is 506 g/mol. The van der Waals surface area contributed by atoms with Crippen LogP contribution in [0.5, 0.6) is 5.75 Å². The molecule has 4 nitrogen and oxygen atoms in total. The molecule has 36 heavy (non-hydrogen) atoms. The zero-order valence-corrected chi connectivity index (χ0v) is 20.7. The molecule has 3 aromatic carbocycles. The van der Waals surface area contributed by atoms with E-state index >= 15 is 0 Å². The van der Waals surface area contributed by atoms with E-state index in [2.05, 4.69) is 29.6 Å². The zero-order chi connectivity index (χ0) is 25.2. The lowest BCUT2D eigenvalue weighted by atomic mass is 9.99. The van der Waals surface area contributed by atoms with Gasteiger partial charge in [0, 0.05) is 11.6 Å². The molecule has 1 N–H and O–H groups in total. The number of hydrogen-bond donors (Lipinski definition) is 1. The van der Waals surface area contributed by atoms with Crippen LogP contribution in [0.2, 0.25) is 0 Å². The molecule has 1 aliphatic rings. The Kier molecular flexibility index (Phi) is 6.74. The molecule has 1 saturated carbocycles. The normalized spacial score (nSPS) is 13.8. The third kappa shape index (κ3) is 5.26. The topological polar surface area (TPSA) is 47.6 Å². The van der Waals surface area contributed by atoms with E-state index in [9.17, 15) is 13.6 Å². The van der Waals surface area contributed by atoms with E-state index in [-0.39, 0.29) is 5.69 Å². The highest BCUT2D eigenvalue weighted by atomic mass is 32.1. The molecule has 0 unspecified atom stereocenters. The first-order chi connectivity index (χ1) is 17.4. The van der Waals surface area contributed by atoms with Crippen molar-refractivity contribution < 1.29 is 23.0 Å². The van der Waals surface area contributed by atoms with Gasteiger partial charge in [0.25, 0.3) is 0 Å². The van der Waals surface area contributed by atoms with E-state index in [0.29, 0.717) is 27.7 Å². The molecule has 0 bridgehead atoms. The smallest absolute Gasteiger partial charge is 0.412 e. The first kappa shape index (κ1) is 24.0. The van der Waals surface area contributed by atoms with Crippen LogP contribution in [0, 0.1) is 10.9 Å². The molecule has 1 aromatic heterocycles. The molecule has 1 heterocycles. The summed E-state index contributed by atoms with van der Waals surface area (Å²) >= 11 is 0.918. The second kappa shape index (κ2) is 10.1. The number of benzene rings is 3. The Labute approximate surface area is 212 Å². The Morgan fingerprint density at radius 1 is 1.00 bits per heavy atom. The zero-order valence-electron chi connectivity index (χ0n) is 19.9. The predicted octanol–water partition coefficient (Wildman–Crippen LogP) is 8.56. The second-order valence-electron chi connectivity index (χ2n) is 8.83. The summed E-state index contributed by atoms with van der Waals surface area (Å²) in [6.07, 6.45) is 1.06. The van der Waals surface area contributed by atoms with Crippen LogP contribution in [-0.2, 0) is 4.74 Å². The lowest BCUT2D eigenvalue weighted by Crippen LogP contribution is -2.16. The fraction of sp³-hybridized carbons (Fsp3) is 0.207. The first-order valence-corrected chi connectivity index (χ1v) is 12.5. The highest BCUT2D eigenvalue weighted by Gasteiger charge is 2.23. The van der Waals surface area contributed by atoms with Gasteiger partial charge in [-0.25, -0.2) is 9.18 Å². The number of hydrogen-bond acceptors (Lipinski definition) is 4. The van der Waals surface area contributed by atoms with E-state index < -0.39 is 23.1 Å². The molecule has 0 saturated heterocycles. The van der Waals surface area contributed by atoms with Gasteiger partial charge in [-0.05, 0) is 66.1 Å². The van der Waals surface area contributed by atoms with E-state index in [1.165, 1.54) is 36.6 Å². The molecule has 5 rings (SSSR count). The van der Waals surface area contributed by atoms with Gasteiger partial charge in [0.2, 0.25) is 0 Å². The van der Waals surface area contributed by atoms with Crippen LogP contribution < -0.4 is 10.1 Å². The van der Waals surface area contributed by atoms with Gasteiger partial charge >= 0.3 is 6.09 Å². The molecular formula is C29H25F2NO3S. The lowest BCUT2D eigenvalue weighted by Gasteiger charge is -2.15. The molecule has 1 atom stereocenters. The van der Waals surface area contributed by atoms with Crippen molar-refractivity contribution in [1.29, 1.82) is 0 Å². The molecule has 184 valence electrons. The summed E-state index contributed by atoms with van der Waals surface area (Å²) in [6, 6.07) is 21.3. The van der Waals surface area contributed by atoms with E-state index in [4.69, 9.17) is 9.47 Å². The Morgan fingerprint density at radius 2 is 1.75 bits per heavy atom. The Morgan fingerprint density at radius 3 is 2.44 bits per heavy atom. The molecule has 0 radical (unpaired) electrons. The lowest BCUT2D eigenvalue weighted by molar-refractivity contribution is 0.121. The number of ether oxygens (including phenoxy) is 2. The van der Waals surface area contributed by atoms with E-state index in [0.717, 1.165) is 22.5 Å². The maximum Gasteiger partial charge on any atom is 0.412 e. The van der Waals surface area contributed by atoms with Gasteiger partial charge in [0.05, 0.1) is 17.7 Å². The quantitative estimate of drug-likeness (QED) is 0.274. The minimum atomic E-state index is -0.759. The van der Waals surface area contributed by atoms with Crippen LogP contribution in [0.3, 0.4) is 0 Å². The van der Waals surface area contributed by atoms with Crippen LogP contribution >= 0.6 is 11.3 Å². The van der Waals surface area contributed by atoms with E-state index in [1.807, 2.05) is 18.2 Å². The standard InChI is InChI=1S/C29H25F2NO3S/c1-17(21-4-3-5-23(30)14-21)35-29(33)32-25-16-27(31)36-28(25)22-12-13-24(26(15-22)34-2)20-10-8-19(9-11-20)18-6-7-18/h3-5,8-18H,6-7H2,1-2H3,(H,32,33)/t17-/m1/s1. The van der Waals surface area contributed by atoms with Crippen molar-refractivity contribution in [2.24, 2.45) is 0 Å². The summed E-state index contributed by atoms with van der Waals surface area (Å²) in [5, 5.41) is 2.18. The minimum absolute atomic E-state index is 0.289. The van der Waals surface area contributed by atoms with Gasteiger partial charge in [-0.2, -0.15) is 4.39 Å². The number of nitrogens with one attached hydrogen (secondary N) is 1. The number of amides is 1. The maximum atomic E-state index is 14.3. The second-order valence-corrected chi connectivity index (χ2v) is 9.83. The predicted molar refractivity (Wildman–Crippen MR) is 139 cm³/mol. The van der Waals surface area contributed by atoms with Gasteiger partial charge in [-0.1, -0.05) is 48.5 Å². The monoisotopic (exact) mass is 505 g/mol. The molecule has 4 aromatic rings. The Bertz CT molecular complexity index is 1400. The number of halogens is 2. The maximum absolute atomic E-state index is 14.3. The van der Waals surface area contributed by atoms with Crippen molar-refractivity contribution in [2.45, 2.75) is 31.8 Å². The summed E-state index contributed by atoms with van der Waals surface area (Å²) in [6.45, 7) is 1.64. The third-order valence-electron chi connectivity index (χ3n) is 6.27. The Balaban J connectivity index is 1.36. The summed E-state index contributed by atoms with van der Waals surface area (Å²) in [5.74, 6) is 0.919. The third-order valence-corrected chi connectivity index (χ3v) is 7.25. The van der Waals surface area contributed by atoms with Crippen LogP contribution in [0.4, 0.5) is 19.3 Å². The SMILES string of the molecule is COc1cc(-c2sc(F)cc2NC(=O)O[C@H](C)c2cccc(F)c2)ccc1-c1ccc(C2CC2)cc1. The Hall–Kier alpha value is -3.71. The molecule has 7 heteroatoms. The minimum Gasteiger partial charge on any atom is -0.496 e. The average Bonchev–Trinajstić information content (AvgIpc) is 3.66. The molecule has 0 spiro atoms. The molecule has 1 fully saturated rings. The fourth-order valence-electron chi connectivity index (χ4n) is 4.22. The highest BCUT2D eigenvalue weighted by molar-refractivity contribution is 7.14. The largest absolute Gasteiger partial charge is 0.496 e. The van der Waals surface area contributed by atoms with Crippen molar-refractivity contribution in [1.82, 2.24) is 0 Å². The number of thiophene rings is 1. The number of carbonyl (C=O) groups excluding carboxylic acids is 1. The van der Waals surface area contributed by atoms with Crippen molar-refractivity contribution >= 4 is 23.1 Å². The summed E-state index contributed by atoms with van der Waals surface area (Å²) < 4.78 is 38.8. The van der Waals surface area contributed by atoms with Crippen molar-refractivity contribution in [3.05, 3.63) is 94.9 Å².